The fraction of sp³-hybridized carbons (Fsp3) is 0.143. The third-order valence-corrected chi connectivity index (χ3v) is 3.61. The first-order valence-electron chi connectivity index (χ1n) is 5.99. The Bertz CT molecular complexity index is 735. The number of anilines is 1. The number of halogens is 5. The van der Waals surface area contributed by atoms with Gasteiger partial charge in [0.05, 0.1) is 22.0 Å². The van der Waals surface area contributed by atoms with Gasteiger partial charge in [0.2, 0.25) is 0 Å². The van der Waals surface area contributed by atoms with Crippen molar-refractivity contribution in [3.8, 4) is 0 Å². The van der Waals surface area contributed by atoms with E-state index in [2.05, 4.69) is 26.2 Å². The standard InChI is InChI=1S/C14H9BrClF3N2O/c1-7-9(3-5-12(20-7)14(17,18)19)13(22)21-11-4-2-8(15)6-10(11)16/h2-6H,1H3,(H,21,22). The Labute approximate surface area is 137 Å². The maximum Gasteiger partial charge on any atom is 0.433 e. The number of rotatable bonds is 2. The van der Waals surface area contributed by atoms with Gasteiger partial charge in [0.1, 0.15) is 5.69 Å². The molecule has 8 heteroatoms. The highest BCUT2D eigenvalue weighted by Gasteiger charge is 2.33. The summed E-state index contributed by atoms with van der Waals surface area (Å²) in [5.74, 6) is -0.581. The molecule has 3 nitrogen and oxygen atoms in total. The van der Waals surface area contributed by atoms with Gasteiger partial charge in [-0.15, -0.1) is 0 Å². The lowest BCUT2D eigenvalue weighted by Gasteiger charge is -2.11. The van der Waals surface area contributed by atoms with E-state index in [1.54, 1.807) is 18.2 Å². The van der Waals surface area contributed by atoms with Crippen molar-refractivity contribution in [3.05, 3.63) is 56.8 Å². The summed E-state index contributed by atoms with van der Waals surface area (Å²) in [4.78, 5) is 15.5. The number of nitrogens with zero attached hydrogens (tertiary/aromatic N) is 1. The normalized spacial score (nSPS) is 11.4. The molecule has 0 aliphatic carbocycles. The monoisotopic (exact) mass is 392 g/mol. The molecule has 0 atom stereocenters. The van der Waals surface area contributed by atoms with Gasteiger partial charge < -0.3 is 5.32 Å². The topological polar surface area (TPSA) is 42.0 Å². The lowest BCUT2D eigenvalue weighted by molar-refractivity contribution is -0.141. The summed E-state index contributed by atoms with van der Waals surface area (Å²) in [6.07, 6.45) is -4.55. The second-order valence-electron chi connectivity index (χ2n) is 4.41. The average molecular weight is 394 g/mol. The maximum absolute atomic E-state index is 12.6. The minimum atomic E-state index is -4.55. The second kappa shape index (κ2) is 6.26. The highest BCUT2D eigenvalue weighted by molar-refractivity contribution is 9.10. The van der Waals surface area contributed by atoms with Gasteiger partial charge in [0.15, 0.2) is 0 Å². The van der Waals surface area contributed by atoms with Crippen LogP contribution in [-0.2, 0) is 6.18 Å². The average Bonchev–Trinajstić information content (AvgIpc) is 2.40. The molecule has 116 valence electrons. The van der Waals surface area contributed by atoms with Crippen LogP contribution >= 0.6 is 27.5 Å². The summed E-state index contributed by atoms with van der Waals surface area (Å²) in [6, 6.07) is 6.71. The molecule has 22 heavy (non-hydrogen) atoms. The van der Waals surface area contributed by atoms with Crippen LogP contribution in [0.25, 0.3) is 0 Å². The van der Waals surface area contributed by atoms with E-state index in [1.807, 2.05) is 0 Å². The van der Waals surface area contributed by atoms with Gasteiger partial charge >= 0.3 is 6.18 Å². The maximum atomic E-state index is 12.6. The van der Waals surface area contributed by atoms with Crippen LogP contribution in [0.4, 0.5) is 18.9 Å². The van der Waals surface area contributed by atoms with Crippen molar-refractivity contribution in [1.82, 2.24) is 4.98 Å². The number of aryl methyl sites for hydroxylation is 1. The van der Waals surface area contributed by atoms with Crippen LogP contribution in [0.1, 0.15) is 21.7 Å². The first-order chi connectivity index (χ1) is 10.2. The summed E-state index contributed by atoms with van der Waals surface area (Å²) in [5.41, 5.74) is -0.648. The molecule has 0 radical (unpaired) electrons. The van der Waals surface area contributed by atoms with Crippen molar-refractivity contribution in [2.24, 2.45) is 0 Å². The van der Waals surface area contributed by atoms with Gasteiger partial charge in [-0.2, -0.15) is 13.2 Å². The number of hydrogen-bond acceptors (Lipinski definition) is 2. The lowest BCUT2D eigenvalue weighted by atomic mass is 10.1. The molecule has 0 bridgehead atoms. The summed E-state index contributed by atoms with van der Waals surface area (Å²) in [6.45, 7) is 1.34. The molecule has 1 aromatic heterocycles. The number of amides is 1. The minimum Gasteiger partial charge on any atom is -0.321 e. The SMILES string of the molecule is Cc1nc(C(F)(F)F)ccc1C(=O)Nc1ccc(Br)cc1Cl. The van der Waals surface area contributed by atoms with Crippen molar-refractivity contribution in [1.29, 1.82) is 0 Å². The summed E-state index contributed by atoms with van der Waals surface area (Å²) in [7, 11) is 0. The first kappa shape index (κ1) is 16.8. The van der Waals surface area contributed by atoms with Crippen molar-refractivity contribution in [3.63, 3.8) is 0 Å². The van der Waals surface area contributed by atoms with E-state index in [-0.39, 0.29) is 11.3 Å². The molecule has 0 spiro atoms. The van der Waals surface area contributed by atoms with Gasteiger partial charge in [-0.3, -0.25) is 4.79 Å². The van der Waals surface area contributed by atoms with E-state index in [0.29, 0.717) is 10.7 Å². The van der Waals surface area contributed by atoms with Crippen LogP contribution in [0.15, 0.2) is 34.8 Å². The Kier molecular flexibility index (Phi) is 4.77. The molecule has 1 aromatic carbocycles. The molecular weight excluding hydrogens is 385 g/mol. The zero-order valence-electron chi connectivity index (χ0n) is 11.1. The highest BCUT2D eigenvalue weighted by Crippen LogP contribution is 2.29. The Hall–Kier alpha value is -1.60. The molecule has 0 saturated heterocycles. The smallest absolute Gasteiger partial charge is 0.321 e. The van der Waals surface area contributed by atoms with Crippen molar-refractivity contribution >= 4 is 39.1 Å². The minimum absolute atomic E-state index is 0.0134. The van der Waals surface area contributed by atoms with E-state index in [1.165, 1.54) is 6.92 Å². The predicted molar refractivity (Wildman–Crippen MR) is 81.1 cm³/mol. The van der Waals surface area contributed by atoms with E-state index >= 15 is 0 Å². The first-order valence-corrected chi connectivity index (χ1v) is 7.17. The van der Waals surface area contributed by atoms with Crippen molar-refractivity contribution in [2.75, 3.05) is 5.32 Å². The number of alkyl halides is 3. The molecule has 2 aromatic rings. The quantitative estimate of drug-likeness (QED) is 0.773. The molecule has 0 unspecified atom stereocenters. The third-order valence-electron chi connectivity index (χ3n) is 2.80. The predicted octanol–water partition coefficient (Wildman–Crippen LogP) is 5.08. The third kappa shape index (κ3) is 3.78. The molecule has 1 heterocycles. The molecule has 1 amide bonds. The number of carbonyl (C=O) groups is 1. The number of carbonyl (C=O) groups excluding carboxylic acids is 1. The van der Waals surface area contributed by atoms with Crippen LogP contribution in [0.2, 0.25) is 5.02 Å². The Morgan fingerprint density at radius 3 is 2.50 bits per heavy atom. The Morgan fingerprint density at radius 2 is 1.95 bits per heavy atom. The van der Waals surface area contributed by atoms with Gasteiger partial charge in [-0.05, 0) is 37.3 Å². The van der Waals surface area contributed by atoms with Gasteiger partial charge in [-0.1, -0.05) is 27.5 Å². The van der Waals surface area contributed by atoms with E-state index in [0.717, 1.165) is 16.6 Å². The van der Waals surface area contributed by atoms with Crippen molar-refractivity contribution < 1.29 is 18.0 Å². The van der Waals surface area contributed by atoms with E-state index < -0.39 is 17.8 Å². The molecule has 0 saturated carbocycles. The fourth-order valence-corrected chi connectivity index (χ4v) is 2.46. The number of benzene rings is 1. The lowest BCUT2D eigenvalue weighted by Crippen LogP contribution is -2.16. The van der Waals surface area contributed by atoms with E-state index in [4.69, 9.17) is 11.6 Å². The largest absolute Gasteiger partial charge is 0.433 e. The van der Waals surface area contributed by atoms with Crippen molar-refractivity contribution in [2.45, 2.75) is 13.1 Å². The molecule has 0 aliphatic rings. The molecule has 0 aliphatic heterocycles. The van der Waals surface area contributed by atoms with Crippen LogP contribution < -0.4 is 5.32 Å². The van der Waals surface area contributed by atoms with Crippen LogP contribution in [-0.4, -0.2) is 10.9 Å². The Morgan fingerprint density at radius 1 is 1.27 bits per heavy atom. The van der Waals surface area contributed by atoms with Gasteiger partial charge in [0, 0.05) is 4.47 Å². The van der Waals surface area contributed by atoms with Gasteiger partial charge in [-0.25, -0.2) is 4.98 Å². The van der Waals surface area contributed by atoms with Crippen LogP contribution in [0.5, 0.6) is 0 Å². The Balaban J connectivity index is 2.26. The number of nitrogens with one attached hydrogen (secondary N) is 1. The molecular formula is C14H9BrClF3N2O. The zero-order valence-corrected chi connectivity index (χ0v) is 13.5. The van der Waals surface area contributed by atoms with E-state index in [9.17, 15) is 18.0 Å². The summed E-state index contributed by atoms with van der Waals surface area (Å²) < 4.78 is 38.4. The summed E-state index contributed by atoms with van der Waals surface area (Å²) in [5, 5.41) is 2.85. The number of hydrogen-bond donors (Lipinski definition) is 1. The molecule has 1 N–H and O–H groups in total. The number of pyridine rings is 1. The molecule has 0 fully saturated rings. The fourth-order valence-electron chi connectivity index (χ4n) is 1.74. The highest BCUT2D eigenvalue weighted by atomic mass is 79.9. The molecule has 2 rings (SSSR count). The van der Waals surface area contributed by atoms with Crippen LogP contribution in [0, 0.1) is 6.92 Å². The van der Waals surface area contributed by atoms with Gasteiger partial charge in [0.25, 0.3) is 5.91 Å². The number of aromatic nitrogens is 1. The zero-order chi connectivity index (χ0) is 16.5. The second-order valence-corrected chi connectivity index (χ2v) is 5.73. The van der Waals surface area contributed by atoms with Crippen LogP contribution in [0.3, 0.4) is 0 Å². The summed E-state index contributed by atoms with van der Waals surface area (Å²) >= 11 is 9.21.